The quantitative estimate of drug-likeness (QED) is 0.907. The van der Waals surface area contributed by atoms with Gasteiger partial charge in [0.2, 0.25) is 0 Å². The molecule has 0 bridgehead atoms. The van der Waals surface area contributed by atoms with Crippen LogP contribution in [0.4, 0.5) is 4.39 Å². The average Bonchev–Trinajstić information content (AvgIpc) is 2.75. The molecular formula is C13H11ClFNO2S. The number of hydrogen-bond acceptors (Lipinski definition) is 3. The van der Waals surface area contributed by atoms with Gasteiger partial charge in [0, 0.05) is 10.9 Å². The first-order valence-electron chi connectivity index (χ1n) is 5.52. The molecule has 6 heteroatoms. The Morgan fingerprint density at radius 3 is 2.74 bits per heavy atom. The van der Waals surface area contributed by atoms with Gasteiger partial charge < -0.3 is 10.4 Å². The van der Waals surface area contributed by atoms with Gasteiger partial charge in [0.05, 0.1) is 15.9 Å². The third-order valence-corrected chi connectivity index (χ3v) is 3.98. The van der Waals surface area contributed by atoms with Gasteiger partial charge in [-0.05, 0) is 31.2 Å². The van der Waals surface area contributed by atoms with E-state index in [0.717, 1.165) is 10.9 Å². The number of rotatable bonds is 3. The van der Waals surface area contributed by atoms with Crippen LogP contribution in [0.5, 0.6) is 5.75 Å². The van der Waals surface area contributed by atoms with Crippen molar-refractivity contribution in [2.75, 3.05) is 0 Å². The monoisotopic (exact) mass is 299 g/mol. The van der Waals surface area contributed by atoms with E-state index in [1.54, 1.807) is 13.0 Å². The Kier molecular flexibility index (Phi) is 4.07. The third-order valence-electron chi connectivity index (χ3n) is 2.57. The first kappa shape index (κ1) is 13.8. The van der Waals surface area contributed by atoms with Gasteiger partial charge >= 0.3 is 0 Å². The summed E-state index contributed by atoms with van der Waals surface area (Å²) in [5.41, 5.74) is -0.104. The van der Waals surface area contributed by atoms with Gasteiger partial charge in [-0.2, -0.15) is 0 Å². The van der Waals surface area contributed by atoms with Crippen molar-refractivity contribution in [3.05, 3.63) is 50.9 Å². The summed E-state index contributed by atoms with van der Waals surface area (Å²) in [6.45, 7) is 1.79. The van der Waals surface area contributed by atoms with Gasteiger partial charge in [0.15, 0.2) is 0 Å². The summed E-state index contributed by atoms with van der Waals surface area (Å²) in [6, 6.07) is 6.70. The number of phenolic OH excluding ortho intramolecular Hbond substituents is 1. The van der Waals surface area contributed by atoms with E-state index >= 15 is 0 Å². The van der Waals surface area contributed by atoms with Crippen molar-refractivity contribution in [1.29, 1.82) is 0 Å². The highest BCUT2D eigenvalue weighted by Gasteiger charge is 2.16. The molecular weight excluding hydrogens is 289 g/mol. The normalized spacial score (nSPS) is 12.2. The second-order valence-corrected chi connectivity index (χ2v) is 5.75. The molecule has 0 fully saturated rings. The molecule has 1 atom stereocenters. The van der Waals surface area contributed by atoms with Crippen molar-refractivity contribution in [3.63, 3.8) is 0 Å². The molecule has 2 rings (SSSR count). The molecule has 1 aromatic carbocycles. The van der Waals surface area contributed by atoms with Crippen LogP contribution in [0, 0.1) is 5.82 Å². The summed E-state index contributed by atoms with van der Waals surface area (Å²) in [4.78, 5) is 12.8. The maximum atomic E-state index is 13.5. The zero-order valence-corrected chi connectivity index (χ0v) is 11.6. The lowest BCUT2D eigenvalue weighted by Gasteiger charge is -2.12. The molecule has 0 spiro atoms. The molecule has 1 unspecified atom stereocenters. The van der Waals surface area contributed by atoms with E-state index in [1.165, 1.54) is 23.5 Å². The number of aromatic hydroxyl groups is 1. The topological polar surface area (TPSA) is 49.3 Å². The number of thiophene rings is 1. The number of amides is 1. The Balaban J connectivity index is 2.12. The van der Waals surface area contributed by atoms with Crippen LogP contribution in [-0.4, -0.2) is 11.0 Å². The standard InChI is InChI=1S/C13H11ClFNO2S/c1-7(11-4-5-12(14)19-11)16-13(18)9-3-2-8(17)6-10(9)15/h2-7,17H,1H3,(H,16,18). The second kappa shape index (κ2) is 5.59. The molecule has 100 valence electrons. The number of hydrogen-bond donors (Lipinski definition) is 2. The molecule has 2 N–H and O–H groups in total. The molecule has 0 saturated heterocycles. The molecule has 0 aliphatic carbocycles. The molecule has 0 aliphatic rings. The molecule has 3 nitrogen and oxygen atoms in total. The van der Waals surface area contributed by atoms with Gasteiger partial charge in [-0.25, -0.2) is 4.39 Å². The second-order valence-electron chi connectivity index (χ2n) is 4.00. The molecule has 2 aromatic rings. The fourth-order valence-electron chi connectivity index (χ4n) is 1.59. The number of carbonyl (C=O) groups excluding carboxylic acids is 1. The Morgan fingerprint density at radius 2 is 2.16 bits per heavy atom. The van der Waals surface area contributed by atoms with Crippen molar-refractivity contribution in [1.82, 2.24) is 5.32 Å². The average molecular weight is 300 g/mol. The van der Waals surface area contributed by atoms with E-state index in [-0.39, 0.29) is 17.4 Å². The zero-order chi connectivity index (χ0) is 14.0. The Bertz CT molecular complexity index is 614. The van der Waals surface area contributed by atoms with E-state index in [0.29, 0.717) is 4.34 Å². The Hall–Kier alpha value is -1.59. The molecule has 0 aliphatic heterocycles. The van der Waals surface area contributed by atoms with Crippen LogP contribution in [0.1, 0.15) is 28.2 Å². The lowest BCUT2D eigenvalue weighted by molar-refractivity contribution is 0.0936. The highest BCUT2D eigenvalue weighted by Crippen LogP contribution is 2.27. The molecule has 19 heavy (non-hydrogen) atoms. The molecule has 0 radical (unpaired) electrons. The Labute approximate surface area is 118 Å². The summed E-state index contributed by atoms with van der Waals surface area (Å²) in [5.74, 6) is -1.50. The minimum absolute atomic E-state index is 0.104. The first-order chi connectivity index (χ1) is 8.97. The largest absolute Gasteiger partial charge is 0.508 e. The van der Waals surface area contributed by atoms with Crippen LogP contribution in [0.25, 0.3) is 0 Å². The van der Waals surface area contributed by atoms with Crippen LogP contribution in [0.15, 0.2) is 30.3 Å². The van der Waals surface area contributed by atoms with Gasteiger partial charge in [0.25, 0.3) is 5.91 Å². The van der Waals surface area contributed by atoms with E-state index < -0.39 is 11.7 Å². The fourth-order valence-corrected chi connectivity index (χ4v) is 2.66. The smallest absolute Gasteiger partial charge is 0.254 e. The van der Waals surface area contributed by atoms with Crippen LogP contribution in [0.3, 0.4) is 0 Å². The summed E-state index contributed by atoms with van der Waals surface area (Å²) in [7, 11) is 0. The van der Waals surface area contributed by atoms with E-state index in [9.17, 15) is 9.18 Å². The number of benzene rings is 1. The van der Waals surface area contributed by atoms with E-state index in [2.05, 4.69) is 5.32 Å². The molecule has 0 saturated carbocycles. The first-order valence-corrected chi connectivity index (χ1v) is 6.71. The summed E-state index contributed by atoms with van der Waals surface area (Å²) in [5, 5.41) is 11.8. The minimum atomic E-state index is -0.756. The van der Waals surface area contributed by atoms with Crippen molar-refractivity contribution in [2.24, 2.45) is 0 Å². The lowest BCUT2D eigenvalue weighted by atomic mass is 10.1. The molecule has 1 heterocycles. The third kappa shape index (κ3) is 3.24. The fraction of sp³-hybridized carbons (Fsp3) is 0.154. The number of carbonyl (C=O) groups is 1. The van der Waals surface area contributed by atoms with Crippen molar-refractivity contribution in [3.8, 4) is 5.75 Å². The van der Waals surface area contributed by atoms with E-state index in [4.69, 9.17) is 16.7 Å². The highest BCUT2D eigenvalue weighted by atomic mass is 35.5. The maximum Gasteiger partial charge on any atom is 0.254 e. The lowest BCUT2D eigenvalue weighted by Crippen LogP contribution is -2.26. The van der Waals surface area contributed by atoms with Crippen LogP contribution < -0.4 is 5.32 Å². The number of phenols is 1. The van der Waals surface area contributed by atoms with Gasteiger partial charge in [-0.3, -0.25) is 4.79 Å². The number of nitrogens with one attached hydrogen (secondary N) is 1. The maximum absolute atomic E-state index is 13.5. The van der Waals surface area contributed by atoms with Crippen molar-refractivity contribution in [2.45, 2.75) is 13.0 Å². The van der Waals surface area contributed by atoms with Crippen LogP contribution in [0.2, 0.25) is 4.34 Å². The predicted octanol–water partition coefficient (Wildman–Crippen LogP) is 3.74. The van der Waals surface area contributed by atoms with E-state index in [1.807, 2.05) is 6.07 Å². The predicted molar refractivity (Wildman–Crippen MR) is 73.3 cm³/mol. The highest BCUT2D eigenvalue weighted by molar-refractivity contribution is 7.16. The Morgan fingerprint density at radius 1 is 1.42 bits per heavy atom. The summed E-state index contributed by atoms with van der Waals surface area (Å²) < 4.78 is 14.1. The molecule has 1 amide bonds. The van der Waals surface area contributed by atoms with Gasteiger partial charge in [-0.15, -0.1) is 11.3 Å². The number of halogens is 2. The van der Waals surface area contributed by atoms with Crippen molar-refractivity contribution >= 4 is 28.8 Å². The SMILES string of the molecule is CC(NC(=O)c1ccc(O)cc1F)c1ccc(Cl)s1. The molecule has 1 aromatic heterocycles. The van der Waals surface area contributed by atoms with Crippen molar-refractivity contribution < 1.29 is 14.3 Å². The van der Waals surface area contributed by atoms with Crippen LogP contribution in [-0.2, 0) is 0 Å². The van der Waals surface area contributed by atoms with Gasteiger partial charge in [0.1, 0.15) is 11.6 Å². The zero-order valence-electron chi connectivity index (χ0n) is 9.98. The summed E-state index contributed by atoms with van der Waals surface area (Å²) >= 11 is 7.18. The summed E-state index contributed by atoms with van der Waals surface area (Å²) in [6.07, 6.45) is 0. The van der Waals surface area contributed by atoms with Gasteiger partial charge in [-0.1, -0.05) is 11.6 Å². The minimum Gasteiger partial charge on any atom is -0.508 e. The van der Waals surface area contributed by atoms with Crippen LogP contribution >= 0.6 is 22.9 Å².